The number of aromatic nitrogens is 4. The van der Waals surface area contributed by atoms with Crippen LogP contribution in [0.15, 0.2) is 72.8 Å². The van der Waals surface area contributed by atoms with Crippen LogP contribution in [0.5, 0.6) is 0 Å². The predicted octanol–water partition coefficient (Wildman–Crippen LogP) is 6.21. The largest absolute Gasteiger partial charge is 0.355 e. The molecule has 0 atom stereocenters. The van der Waals surface area contributed by atoms with Crippen LogP contribution in [0.2, 0.25) is 0 Å². The highest BCUT2D eigenvalue weighted by atomic mass is 19.1. The van der Waals surface area contributed by atoms with E-state index in [1.54, 1.807) is 12.1 Å². The summed E-state index contributed by atoms with van der Waals surface area (Å²) >= 11 is 0. The van der Waals surface area contributed by atoms with Crippen molar-refractivity contribution >= 4 is 45.9 Å². The summed E-state index contributed by atoms with van der Waals surface area (Å²) in [6.45, 7) is 0. The molecule has 148 valence electrons. The molecule has 0 aliphatic carbocycles. The minimum atomic E-state index is -0.258. The van der Waals surface area contributed by atoms with E-state index in [1.165, 1.54) is 12.1 Å². The molecule has 0 saturated carbocycles. The first-order chi connectivity index (χ1) is 15.2. The molecule has 0 unspecified atom stereocenters. The summed E-state index contributed by atoms with van der Waals surface area (Å²) < 4.78 is 13.5. The summed E-state index contributed by atoms with van der Waals surface area (Å²) in [5.74, 6) is -0.258. The Hall–Kier alpha value is -4.25. The second-order valence-corrected chi connectivity index (χ2v) is 7.60. The van der Waals surface area contributed by atoms with E-state index < -0.39 is 0 Å². The molecule has 0 saturated heterocycles. The van der Waals surface area contributed by atoms with Crippen LogP contribution in [0.4, 0.5) is 4.39 Å². The summed E-state index contributed by atoms with van der Waals surface area (Å²) in [5.41, 5.74) is 9.13. The summed E-state index contributed by atoms with van der Waals surface area (Å²) in [5, 5.41) is 0. The number of H-pyrrole nitrogens is 2. The Kier molecular flexibility index (Phi) is 3.93. The monoisotopic (exact) mass is 404 g/mol. The number of halogens is 1. The van der Waals surface area contributed by atoms with Crippen molar-refractivity contribution in [1.82, 2.24) is 19.9 Å². The molecular weight excluding hydrogens is 387 g/mol. The van der Waals surface area contributed by atoms with Crippen molar-refractivity contribution in [2.75, 3.05) is 0 Å². The van der Waals surface area contributed by atoms with Gasteiger partial charge in [-0.1, -0.05) is 12.1 Å². The minimum Gasteiger partial charge on any atom is -0.355 e. The number of nitrogens with zero attached hydrogens (tertiary/aromatic N) is 2. The lowest BCUT2D eigenvalue weighted by molar-refractivity contribution is 0.627. The lowest BCUT2D eigenvalue weighted by Gasteiger charge is -2.02. The Labute approximate surface area is 177 Å². The van der Waals surface area contributed by atoms with Crippen LogP contribution in [0.3, 0.4) is 0 Å². The summed E-state index contributed by atoms with van der Waals surface area (Å²) in [4.78, 5) is 16.3. The van der Waals surface area contributed by atoms with Crippen LogP contribution < -0.4 is 0 Å². The van der Waals surface area contributed by atoms with Gasteiger partial charge in [0.05, 0.1) is 22.8 Å². The van der Waals surface area contributed by atoms with Crippen LogP contribution in [0.1, 0.15) is 28.3 Å². The summed E-state index contributed by atoms with van der Waals surface area (Å²) in [7, 11) is 0. The third kappa shape index (κ3) is 3.46. The van der Waals surface area contributed by atoms with Gasteiger partial charge in [-0.25, -0.2) is 14.4 Å². The van der Waals surface area contributed by atoms with Crippen molar-refractivity contribution in [3.05, 3.63) is 107 Å². The molecule has 0 radical (unpaired) electrons. The van der Waals surface area contributed by atoms with Crippen molar-refractivity contribution in [3.8, 4) is 0 Å². The predicted molar refractivity (Wildman–Crippen MR) is 123 cm³/mol. The van der Waals surface area contributed by atoms with Crippen molar-refractivity contribution < 1.29 is 4.39 Å². The van der Waals surface area contributed by atoms with E-state index in [0.717, 1.165) is 56.0 Å². The fourth-order valence-corrected chi connectivity index (χ4v) is 3.88. The standard InChI is InChI=1S/C26H17FN4/c27-17-3-1-16(2-4-17)25-14-24-13-22-8-7-20(29-22)11-18-5-6-19(28-18)12-21-9-10-23(30-21)15-26(25)31-24/h1-15,28-29H. The summed E-state index contributed by atoms with van der Waals surface area (Å²) in [6, 6.07) is 22.7. The maximum Gasteiger partial charge on any atom is 0.123 e. The fraction of sp³-hybridized carbons (Fsp3) is 0. The van der Waals surface area contributed by atoms with Gasteiger partial charge in [-0.2, -0.15) is 0 Å². The zero-order valence-electron chi connectivity index (χ0n) is 16.4. The molecule has 0 spiro atoms. The van der Waals surface area contributed by atoms with Crippen LogP contribution >= 0.6 is 0 Å². The second-order valence-electron chi connectivity index (χ2n) is 7.60. The molecule has 5 heteroatoms. The maximum atomic E-state index is 13.5. The quantitative estimate of drug-likeness (QED) is 0.342. The topological polar surface area (TPSA) is 57.4 Å². The Bertz CT molecular complexity index is 1540. The molecule has 8 bridgehead atoms. The van der Waals surface area contributed by atoms with Gasteiger partial charge in [0.25, 0.3) is 0 Å². The number of nitrogens with one attached hydrogen (secondary N) is 2. The lowest BCUT2D eigenvalue weighted by Crippen LogP contribution is -1.87. The lowest BCUT2D eigenvalue weighted by atomic mass is 10.0. The Morgan fingerprint density at radius 1 is 0.581 bits per heavy atom. The van der Waals surface area contributed by atoms with Crippen molar-refractivity contribution in [3.63, 3.8) is 0 Å². The Morgan fingerprint density at radius 3 is 1.84 bits per heavy atom. The highest BCUT2D eigenvalue weighted by molar-refractivity contribution is 5.93. The highest BCUT2D eigenvalue weighted by Gasteiger charge is 2.13. The second kappa shape index (κ2) is 6.92. The van der Waals surface area contributed by atoms with Gasteiger partial charge in [-0.05, 0) is 84.5 Å². The first-order valence-corrected chi connectivity index (χ1v) is 10.0. The third-order valence-electron chi connectivity index (χ3n) is 5.32. The van der Waals surface area contributed by atoms with Gasteiger partial charge in [-0.15, -0.1) is 0 Å². The van der Waals surface area contributed by atoms with Gasteiger partial charge in [-0.3, -0.25) is 0 Å². The zero-order valence-corrected chi connectivity index (χ0v) is 16.4. The number of fused-ring (bicyclic) bond motifs is 8. The van der Waals surface area contributed by atoms with Crippen molar-refractivity contribution in [2.24, 2.45) is 0 Å². The van der Waals surface area contributed by atoms with E-state index in [0.29, 0.717) is 0 Å². The highest BCUT2D eigenvalue weighted by Crippen LogP contribution is 2.29. The van der Waals surface area contributed by atoms with Gasteiger partial charge >= 0.3 is 0 Å². The average Bonchev–Trinajstić information content (AvgIpc) is 3.54. The third-order valence-corrected chi connectivity index (χ3v) is 5.32. The molecule has 1 aromatic carbocycles. The van der Waals surface area contributed by atoms with Gasteiger partial charge in [0.2, 0.25) is 0 Å². The van der Waals surface area contributed by atoms with E-state index in [-0.39, 0.29) is 5.82 Å². The molecule has 2 N–H and O–H groups in total. The van der Waals surface area contributed by atoms with E-state index in [4.69, 9.17) is 9.97 Å². The fourth-order valence-electron chi connectivity index (χ4n) is 3.88. The Balaban J connectivity index is 1.63. The normalized spacial score (nSPS) is 12.7. The molecule has 6 rings (SSSR count). The van der Waals surface area contributed by atoms with Gasteiger partial charge in [0.1, 0.15) is 5.82 Å². The first kappa shape index (κ1) is 17.6. The zero-order chi connectivity index (χ0) is 20.8. The van der Waals surface area contributed by atoms with Gasteiger partial charge in [0.15, 0.2) is 0 Å². The first-order valence-electron chi connectivity index (χ1n) is 10.0. The molecule has 4 nitrogen and oxygen atoms in total. The average molecular weight is 404 g/mol. The molecule has 2 aliphatic rings. The molecule has 0 amide bonds. The van der Waals surface area contributed by atoms with E-state index >= 15 is 0 Å². The van der Waals surface area contributed by atoms with E-state index in [9.17, 15) is 4.39 Å². The maximum absolute atomic E-state index is 13.5. The summed E-state index contributed by atoms with van der Waals surface area (Å²) in [6.07, 6.45) is 5.98. The minimum absolute atomic E-state index is 0.258. The molecule has 0 fully saturated rings. The van der Waals surface area contributed by atoms with Gasteiger partial charge < -0.3 is 9.97 Å². The molecule has 5 heterocycles. The number of aromatic amines is 2. The number of rotatable bonds is 1. The van der Waals surface area contributed by atoms with E-state index in [2.05, 4.69) is 16.0 Å². The molecule has 2 aliphatic heterocycles. The van der Waals surface area contributed by atoms with Crippen LogP contribution in [0.25, 0.3) is 45.9 Å². The number of hydrogen-bond donors (Lipinski definition) is 2. The Morgan fingerprint density at radius 2 is 1.16 bits per heavy atom. The van der Waals surface area contributed by atoms with Crippen LogP contribution in [-0.2, 0) is 0 Å². The SMILES string of the molecule is Fc1ccc(C2=Cc3cc4ccc(cc5ccc(cc6nc(cc2n3)C=C6)[nH]5)[nH]4)cc1. The van der Waals surface area contributed by atoms with Crippen LogP contribution in [-0.4, -0.2) is 19.9 Å². The van der Waals surface area contributed by atoms with Crippen molar-refractivity contribution in [1.29, 1.82) is 0 Å². The number of benzene rings is 1. The van der Waals surface area contributed by atoms with E-state index in [1.807, 2.05) is 60.7 Å². The number of hydrogen-bond acceptors (Lipinski definition) is 2. The molecule has 3 aromatic heterocycles. The molecule has 4 aromatic rings. The smallest absolute Gasteiger partial charge is 0.123 e. The van der Waals surface area contributed by atoms with Gasteiger partial charge in [0, 0.05) is 27.6 Å². The molecular formula is C26H17FN4. The van der Waals surface area contributed by atoms with Crippen LogP contribution in [0, 0.1) is 5.82 Å². The molecule has 31 heavy (non-hydrogen) atoms. The van der Waals surface area contributed by atoms with Crippen molar-refractivity contribution in [2.45, 2.75) is 0 Å².